The highest BCUT2D eigenvalue weighted by Crippen LogP contribution is 2.44. The van der Waals surface area contributed by atoms with Crippen LogP contribution in [0.15, 0.2) is 103 Å². The molecule has 3 N–H and O–H groups in total. The van der Waals surface area contributed by atoms with Crippen molar-refractivity contribution < 1.29 is 24.2 Å². The second-order valence-electron chi connectivity index (χ2n) is 9.86. The lowest BCUT2D eigenvalue weighted by Gasteiger charge is -2.17. The fraction of sp³-hybridized carbons (Fsp3) is 0.152. The Hall–Kier alpha value is -5.04. The van der Waals surface area contributed by atoms with Crippen LogP contribution in [0.2, 0.25) is 0 Å². The largest absolute Gasteiger partial charge is 0.489 e. The summed E-state index contributed by atoms with van der Waals surface area (Å²) in [7, 11) is 0. The molecule has 0 unspecified atom stereocenters. The van der Waals surface area contributed by atoms with Gasteiger partial charge in [-0.1, -0.05) is 78.9 Å². The number of aromatic nitrogens is 1. The molecule has 0 fully saturated rings. The molecule has 200 valence electrons. The van der Waals surface area contributed by atoms with Crippen molar-refractivity contribution in [3.05, 3.63) is 126 Å². The van der Waals surface area contributed by atoms with Crippen molar-refractivity contribution in [2.45, 2.75) is 25.0 Å². The molecule has 6 rings (SSSR count). The van der Waals surface area contributed by atoms with E-state index in [9.17, 15) is 14.7 Å². The van der Waals surface area contributed by atoms with Gasteiger partial charge in [-0.25, -0.2) is 9.59 Å². The maximum Gasteiger partial charge on any atom is 0.407 e. The third-order valence-corrected chi connectivity index (χ3v) is 7.35. The molecule has 40 heavy (non-hydrogen) atoms. The fourth-order valence-corrected chi connectivity index (χ4v) is 5.37. The molecule has 5 aromatic rings. The number of benzene rings is 4. The normalized spacial score (nSPS) is 12.9. The Kier molecular flexibility index (Phi) is 6.93. The number of carboxylic acids is 1. The molecular weight excluding hydrogens is 504 g/mol. The molecule has 0 radical (unpaired) electrons. The van der Waals surface area contributed by atoms with Crippen LogP contribution in [0.4, 0.5) is 4.79 Å². The lowest BCUT2D eigenvalue weighted by Crippen LogP contribution is -2.42. The van der Waals surface area contributed by atoms with Gasteiger partial charge in [0.2, 0.25) is 0 Å². The third-order valence-electron chi connectivity index (χ3n) is 7.35. The number of nitrogens with one attached hydrogen (secondary N) is 2. The summed E-state index contributed by atoms with van der Waals surface area (Å²) in [6, 6.07) is 30.5. The van der Waals surface area contributed by atoms with Crippen LogP contribution in [0, 0.1) is 0 Å². The van der Waals surface area contributed by atoms with E-state index >= 15 is 0 Å². The number of H-pyrrole nitrogens is 1. The highest BCUT2D eigenvalue weighted by Gasteiger charge is 2.30. The van der Waals surface area contributed by atoms with Crippen molar-refractivity contribution in [2.75, 3.05) is 6.61 Å². The second kappa shape index (κ2) is 11.0. The van der Waals surface area contributed by atoms with Crippen LogP contribution in [0.3, 0.4) is 0 Å². The second-order valence-corrected chi connectivity index (χ2v) is 9.86. The number of hydrogen-bond donors (Lipinski definition) is 3. The molecule has 4 aromatic carbocycles. The van der Waals surface area contributed by atoms with E-state index in [1.165, 1.54) is 0 Å². The van der Waals surface area contributed by atoms with Crippen LogP contribution >= 0.6 is 0 Å². The van der Waals surface area contributed by atoms with Crippen molar-refractivity contribution in [1.82, 2.24) is 10.3 Å². The first-order chi connectivity index (χ1) is 19.6. The summed E-state index contributed by atoms with van der Waals surface area (Å²) < 4.78 is 11.5. The third kappa shape index (κ3) is 5.14. The molecular formula is C33H28N2O5. The smallest absolute Gasteiger partial charge is 0.407 e. The summed E-state index contributed by atoms with van der Waals surface area (Å²) >= 11 is 0. The van der Waals surface area contributed by atoms with Crippen LogP contribution < -0.4 is 10.1 Å². The van der Waals surface area contributed by atoms with E-state index in [4.69, 9.17) is 9.47 Å². The van der Waals surface area contributed by atoms with Crippen LogP contribution in [0.1, 0.15) is 28.2 Å². The molecule has 1 aliphatic carbocycles. The van der Waals surface area contributed by atoms with Crippen molar-refractivity contribution >= 4 is 23.0 Å². The van der Waals surface area contributed by atoms with Crippen LogP contribution in [0.25, 0.3) is 22.0 Å². The summed E-state index contributed by atoms with van der Waals surface area (Å²) in [6.07, 6.45) is 1.11. The van der Waals surface area contributed by atoms with Crippen molar-refractivity contribution in [2.24, 2.45) is 0 Å². The zero-order valence-corrected chi connectivity index (χ0v) is 21.7. The average molecular weight is 533 g/mol. The van der Waals surface area contributed by atoms with Crippen LogP contribution in [-0.4, -0.2) is 34.8 Å². The minimum atomic E-state index is -1.15. The predicted octanol–water partition coefficient (Wildman–Crippen LogP) is 6.28. The van der Waals surface area contributed by atoms with Gasteiger partial charge in [-0.05, 0) is 45.5 Å². The molecule has 0 spiro atoms. The molecule has 1 aromatic heterocycles. The number of alkyl carbamates (subject to hydrolysis) is 1. The average Bonchev–Trinajstić information content (AvgIpc) is 3.53. The first kappa shape index (κ1) is 25.2. The van der Waals surface area contributed by atoms with Gasteiger partial charge in [-0.15, -0.1) is 0 Å². The number of carboxylic acid groups (broad SMARTS) is 1. The Labute approximate surface area is 231 Å². The Balaban J connectivity index is 1.10. The first-order valence-corrected chi connectivity index (χ1v) is 13.2. The van der Waals surface area contributed by atoms with Gasteiger partial charge in [0.1, 0.15) is 25.0 Å². The Morgan fingerprint density at radius 2 is 1.55 bits per heavy atom. The maximum atomic E-state index is 12.7. The van der Waals surface area contributed by atoms with Gasteiger partial charge in [-0.2, -0.15) is 0 Å². The minimum Gasteiger partial charge on any atom is -0.489 e. The number of hydrogen-bond acceptors (Lipinski definition) is 4. The monoisotopic (exact) mass is 532 g/mol. The Morgan fingerprint density at radius 1 is 0.875 bits per heavy atom. The number of aliphatic carboxylic acids is 1. The minimum absolute atomic E-state index is 0.101. The number of carbonyl (C=O) groups is 2. The lowest BCUT2D eigenvalue weighted by atomic mass is 9.98. The zero-order valence-electron chi connectivity index (χ0n) is 21.7. The Morgan fingerprint density at radius 3 is 2.25 bits per heavy atom. The number of aromatic amines is 1. The number of carbonyl (C=O) groups excluding carboxylic acids is 1. The van der Waals surface area contributed by atoms with E-state index in [1.807, 2.05) is 84.9 Å². The van der Waals surface area contributed by atoms with Crippen molar-refractivity contribution in [1.29, 1.82) is 0 Å². The van der Waals surface area contributed by atoms with Gasteiger partial charge in [0.05, 0.1) is 0 Å². The summed E-state index contributed by atoms with van der Waals surface area (Å²) in [6.45, 7) is 0.566. The number of amides is 1. The molecule has 0 saturated heterocycles. The quantitative estimate of drug-likeness (QED) is 0.207. The van der Waals surface area contributed by atoms with Crippen molar-refractivity contribution in [3.8, 4) is 16.9 Å². The van der Waals surface area contributed by atoms with Gasteiger partial charge >= 0.3 is 12.1 Å². The summed E-state index contributed by atoms with van der Waals surface area (Å²) in [4.78, 5) is 28.0. The summed E-state index contributed by atoms with van der Waals surface area (Å²) in [5.74, 6) is -0.532. The van der Waals surface area contributed by atoms with Gasteiger partial charge in [0, 0.05) is 35.5 Å². The standard InChI is InChI=1S/C33H28N2O5/c36-32(37)31(16-22-18-34-30-17-23(14-15-24(22)30)39-19-21-8-2-1-3-9-21)35-33(38)40-20-29-27-12-6-4-10-25(27)26-11-5-7-13-28(26)29/h1-15,17-18,29,31,34H,16,19-20H2,(H,35,38)(H,36,37)/t31-/m1/s1. The maximum absolute atomic E-state index is 12.7. The van der Waals surface area contributed by atoms with E-state index in [2.05, 4.69) is 22.4 Å². The molecule has 1 amide bonds. The fourth-order valence-electron chi connectivity index (χ4n) is 5.37. The van der Waals surface area contributed by atoms with E-state index in [0.717, 1.165) is 44.3 Å². The highest BCUT2D eigenvalue weighted by atomic mass is 16.5. The SMILES string of the molecule is O=C(N[C@H](Cc1c[nH]c2cc(OCc3ccccc3)ccc12)C(=O)O)OCC1c2ccccc2-c2ccccc21. The van der Waals surface area contributed by atoms with Gasteiger partial charge < -0.3 is 24.9 Å². The van der Waals surface area contributed by atoms with E-state index < -0.39 is 18.1 Å². The predicted molar refractivity (Wildman–Crippen MR) is 152 cm³/mol. The molecule has 0 saturated carbocycles. The molecule has 0 bridgehead atoms. The molecule has 1 heterocycles. The summed E-state index contributed by atoms with van der Waals surface area (Å²) in [5.41, 5.74) is 7.11. The van der Waals surface area contributed by atoms with Crippen LogP contribution in [-0.2, 0) is 22.6 Å². The molecule has 1 aliphatic rings. The molecule has 7 heteroatoms. The van der Waals surface area contributed by atoms with Gasteiger partial charge in [-0.3, -0.25) is 0 Å². The first-order valence-electron chi connectivity index (χ1n) is 13.2. The topological polar surface area (TPSA) is 101 Å². The number of rotatable bonds is 9. The zero-order chi connectivity index (χ0) is 27.5. The van der Waals surface area contributed by atoms with Gasteiger partial charge in [0.25, 0.3) is 0 Å². The van der Waals surface area contributed by atoms with E-state index in [0.29, 0.717) is 12.4 Å². The van der Waals surface area contributed by atoms with E-state index in [-0.39, 0.29) is 18.9 Å². The molecule has 7 nitrogen and oxygen atoms in total. The van der Waals surface area contributed by atoms with Crippen molar-refractivity contribution in [3.63, 3.8) is 0 Å². The molecule has 0 aliphatic heterocycles. The van der Waals surface area contributed by atoms with E-state index in [1.54, 1.807) is 6.20 Å². The molecule has 1 atom stereocenters. The summed E-state index contributed by atoms with van der Waals surface area (Å²) in [5, 5.41) is 13.3. The van der Waals surface area contributed by atoms with Gasteiger partial charge in [0.15, 0.2) is 0 Å². The number of ether oxygens (including phenoxy) is 2. The lowest BCUT2D eigenvalue weighted by molar-refractivity contribution is -0.139. The Bertz CT molecular complexity index is 1630. The number of fused-ring (bicyclic) bond motifs is 4. The highest BCUT2D eigenvalue weighted by molar-refractivity contribution is 5.86. The van der Waals surface area contributed by atoms with Crippen LogP contribution in [0.5, 0.6) is 5.75 Å².